The van der Waals surface area contributed by atoms with Crippen LogP contribution in [0.1, 0.15) is 29.3 Å². The SMILES string of the molecule is NC(=O)[C@H]1CCCc2sc(N)nc21. The molecule has 0 spiro atoms. The number of fused-ring (bicyclic) bond motifs is 1. The topological polar surface area (TPSA) is 82.0 Å². The normalized spacial score (nSPS) is 21.1. The maximum absolute atomic E-state index is 11.1. The summed E-state index contributed by atoms with van der Waals surface area (Å²) >= 11 is 1.47. The van der Waals surface area contributed by atoms with Crippen molar-refractivity contribution in [1.82, 2.24) is 4.98 Å². The summed E-state index contributed by atoms with van der Waals surface area (Å²) in [5.41, 5.74) is 11.7. The lowest BCUT2D eigenvalue weighted by Gasteiger charge is -2.17. The van der Waals surface area contributed by atoms with Crippen LogP contribution in [0.25, 0.3) is 0 Å². The maximum atomic E-state index is 11.1. The molecule has 13 heavy (non-hydrogen) atoms. The Morgan fingerprint density at radius 2 is 2.38 bits per heavy atom. The van der Waals surface area contributed by atoms with Crippen molar-refractivity contribution in [2.24, 2.45) is 5.73 Å². The zero-order valence-corrected chi connectivity index (χ0v) is 7.93. The lowest BCUT2D eigenvalue weighted by molar-refractivity contribution is -0.119. The van der Waals surface area contributed by atoms with Gasteiger partial charge in [-0.2, -0.15) is 0 Å². The Morgan fingerprint density at radius 3 is 3.08 bits per heavy atom. The van der Waals surface area contributed by atoms with Gasteiger partial charge in [0.2, 0.25) is 5.91 Å². The van der Waals surface area contributed by atoms with Crippen LogP contribution in [0.15, 0.2) is 0 Å². The summed E-state index contributed by atoms with van der Waals surface area (Å²) in [6.45, 7) is 0. The van der Waals surface area contributed by atoms with Crippen LogP contribution in [0.4, 0.5) is 5.13 Å². The number of nitrogens with zero attached hydrogens (tertiary/aromatic N) is 1. The molecule has 0 bridgehead atoms. The number of thiazole rings is 1. The van der Waals surface area contributed by atoms with Crippen molar-refractivity contribution in [3.05, 3.63) is 10.6 Å². The van der Waals surface area contributed by atoms with E-state index in [0.29, 0.717) is 5.13 Å². The first-order valence-electron chi connectivity index (χ1n) is 4.23. The summed E-state index contributed by atoms with van der Waals surface area (Å²) in [4.78, 5) is 16.4. The fourth-order valence-electron chi connectivity index (χ4n) is 1.71. The number of carbonyl (C=O) groups is 1. The second kappa shape index (κ2) is 2.99. The van der Waals surface area contributed by atoms with Crippen molar-refractivity contribution in [3.8, 4) is 0 Å². The summed E-state index contributed by atoms with van der Waals surface area (Å²) in [6.07, 6.45) is 2.79. The lowest BCUT2D eigenvalue weighted by atomic mass is 9.91. The Morgan fingerprint density at radius 1 is 1.62 bits per heavy atom. The monoisotopic (exact) mass is 197 g/mol. The van der Waals surface area contributed by atoms with Gasteiger partial charge in [-0.3, -0.25) is 4.79 Å². The molecule has 70 valence electrons. The number of anilines is 1. The Balaban J connectivity index is 2.41. The van der Waals surface area contributed by atoms with E-state index < -0.39 is 0 Å². The predicted molar refractivity (Wildman–Crippen MR) is 51.4 cm³/mol. The Hall–Kier alpha value is -1.10. The molecule has 0 fully saturated rings. The first-order valence-corrected chi connectivity index (χ1v) is 5.04. The minimum atomic E-state index is -0.286. The maximum Gasteiger partial charge on any atom is 0.226 e. The van der Waals surface area contributed by atoms with Gasteiger partial charge in [-0.1, -0.05) is 0 Å². The lowest BCUT2D eigenvalue weighted by Crippen LogP contribution is -2.24. The molecule has 0 radical (unpaired) electrons. The molecule has 1 aromatic heterocycles. The van der Waals surface area contributed by atoms with Crippen LogP contribution in [-0.2, 0) is 11.2 Å². The number of carbonyl (C=O) groups excluding carboxylic acids is 1. The molecule has 4 N–H and O–H groups in total. The van der Waals surface area contributed by atoms with Crippen molar-refractivity contribution >= 4 is 22.4 Å². The van der Waals surface area contributed by atoms with Crippen molar-refractivity contribution in [2.45, 2.75) is 25.2 Å². The van der Waals surface area contributed by atoms with Crippen molar-refractivity contribution < 1.29 is 4.79 Å². The Kier molecular flexibility index (Phi) is 1.95. The molecule has 5 heteroatoms. The van der Waals surface area contributed by atoms with Gasteiger partial charge >= 0.3 is 0 Å². The molecule has 1 atom stereocenters. The molecular formula is C8H11N3OS. The summed E-state index contributed by atoms with van der Waals surface area (Å²) in [6, 6.07) is 0. The largest absolute Gasteiger partial charge is 0.375 e. The van der Waals surface area contributed by atoms with E-state index in [1.165, 1.54) is 11.3 Å². The highest BCUT2D eigenvalue weighted by Crippen LogP contribution is 2.35. The summed E-state index contributed by atoms with van der Waals surface area (Å²) < 4.78 is 0. The van der Waals surface area contributed by atoms with Crippen molar-refractivity contribution in [3.63, 3.8) is 0 Å². The third-order valence-corrected chi connectivity index (χ3v) is 3.27. The average Bonchev–Trinajstić information content (AvgIpc) is 2.43. The molecule has 0 saturated heterocycles. The van der Waals surface area contributed by atoms with Gasteiger partial charge in [0.1, 0.15) is 0 Å². The smallest absolute Gasteiger partial charge is 0.226 e. The number of aryl methyl sites for hydroxylation is 1. The first kappa shape index (κ1) is 8.50. The van der Waals surface area contributed by atoms with Gasteiger partial charge < -0.3 is 11.5 Å². The molecule has 0 unspecified atom stereocenters. The average molecular weight is 197 g/mol. The Labute approximate surface area is 80.0 Å². The van der Waals surface area contributed by atoms with Gasteiger partial charge in [-0.15, -0.1) is 11.3 Å². The van der Waals surface area contributed by atoms with Gasteiger partial charge in [0.05, 0.1) is 11.6 Å². The second-order valence-corrected chi connectivity index (χ2v) is 4.32. The number of hydrogen-bond acceptors (Lipinski definition) is 4. The van der Waals surface area contributed by atoms with Crippen LogP contribution in [0, 0.1) is 0 Å². The van der Waals surface area contributed by atoms with Gasteiger partial charge in [0.15, 0.2) is 5.13 Å². The third kappa shape index (κ3) is 1.39. The third-order valence-electron chi connectivity index (χ3n) is 2.31. The van der Waals surface area contributed by atoms with E-state index >= 15 is 0 Å². The van der Waals surface area contributed by atoms with Crippen LogP contribution in [-0.4, -0.2) is 10.9 Å². The number of rotatable bonds is 1. The summed E-state index contributed by atoms with van der Waals surface area (Å²) in [5, 5.41) is 0.540. The van der Waals surface area contributed by atoms with Crippen LogP contribution < -0.4 is 11.5 Å². The van der Waals surface area contributed by atoms with E-state index in [2.05, 4.69) is 4.98 Å². The van der Waals surface area contributed by atoms with E-state index in [1.54, 1.807) is 0 Å². The number of aromatic nitrogens is 1. The predicted octanol–water partition coefficient (Wildman–Crippen LogP) is 0.630. The number of amides is 1. The first-order chi connectivity index (χ1) is 6.18. The van der Waals surface area contributed by atoms with E-state index in [1.807, 2.05) is 0 Å². The highest BCUT2D eigenvalue weighted by atomic mass is 32.1. The van der Waals surface area contributed by atoms with Crippen LogP contribution in [0.5, 0.6) is 0 Å². The molecule has 0 aromatic carbocycles. The molecule has 1 aliphatic rings. The number of nitrogen functional groups attached to an aromatic ring is 1. The molecule has 2 rings (SSSR count). The number of hydrogen-bond donors (Lipinski definition) is 2. The van der Waals surface area contributed by atoms with Gasteiger partial charge in [-0.25, -0.2) is 4.98 Å². The van der Waals surface area contributed by atoms with Crippen LogP contribution >= 0.6 is 11.3 Å². The van der Waals surface area contributed by atoms with Crippen LogP contribution in [0.3, 0.4) is 0 Å². The molecule has 0 aliphatic heterocycles. The fourth-order valence-corrected chi connectivity index (χ4v) is 2.65. The van der Waals surface area contributed by atoms with Gasteiger partial charge in [0.25, 0.3) is 0 Å². The highest BCUT2D eigenvalue weighted by molar-refractivity contribution is 7.15. The highest BCUT2D eigenvalue weighted by Gasteiger charge is 2.27. The summed E-state index contributed by atoms with van der Waals surface area (Å²) in [5.74, 6) is -0.497. The second-order valence-electron chi connectivity index (χ2n) is 3.21. The molecule has 1 amide bonds. The van der Waals surface area contributed by atoms with Gasteiger partial charge in [0, 0.05) is 4.88 Å². The van der Waals surface area contributed by atoms with E-state index in [9.17, 15) is 4.79 Å². The molecule has 4 nitrogen and oxygen atoms in total. The zero-order valence-electron chi connectivity index (χ0n) is 7.12. The quantitative estimate of drug-likeness (QED) is 0.692. The van der Waals surface area contributed by atoms with E-state index in [-0.39, 0.29) is 11.8 Å². The minimum Gasteiger partial charge on any atom is -0.375 e. The van der Waals surface area contributed by atoms with Crippen molar-refractivity contribution in [2.75, 3.05) is 5.73 Å². The minimum absolute atomic E-state index is 0.211. The molecule has 1 aromatic rings. The molecule has 0 saturated carbocycles. The van der Waals surface area contributed by atoms with E-state index in [0.717, 1.165) is 29.8 Å². The molecular weight excluding hydrogens is 186 g/mol. The number of nitrogens with two attached hydrogens (primary N) is 2. The van der Waals surface area contributed by atoms with E-state index in [4.69, 9.17) is 11.5 Å². The van der Waals surface area contributed by atoms with Crippen LogP contribution in [0.2, 0.25) is 0 Å². The number of primary amides is 1. The zero-order chi connectivity index (χ0) is 9.42. The molecule has 1 aliphatic carbocycles. The van der Waals surface area contributed by atoms with Crippen molar-refractivity contribution in [1.29, 1.82) is 0 Å². The fraction of sp³-hybridized carbons (Fsp3) is 0.500. The summed E-state index contributed by atoms with van der Waals surface area (Å²) in [7, 11) is 0. The molecule has 1 heterocycles. The standard InChI is InChI=1S/C8H11N3OS/c9-7(12)4-2-1-3-5-6(4)11-8(10)13-5/h4H,1-3H2,(H2,9,12)(H2,10,11)/t4-/m0/s1. The Bertz CT molecular complexity index is 347. The van der Waals surface area contributed by atoms with Gasteiger partial charge in [-0.05, 0) is 19.3 Å².